The summed E-state index contributed by atoms with van der Waals surface area (Å²) in [6.07, 6.45) is 0. The highest BCUT2D eigenvalue weighted by Crippen LogP contribution is 2.23. The summed E-state index contributed by atoms with van der Waals surface area (Å²) in [5, 5.41) is 24.0. The van der Waals surface area contributed by atoms with Crippen molar-refractivity contribution in [3.63, 3.8) is 0 Å². The summed E-state index contributed by atoms with van der Waals surface area (Å²) >= 11 is 0. The first-order valence-corrected chi connectivity index (χ1v) is 5.69. The first-order chi connectivity index (χ1) is 8.26. The zero-order valence-corrected chi connectivity index (χ0v) is 10.8. The molecule has 0 aromatic heterocycles. The molecular weight excluding hydrogens is 235 g/mol. The molecule has 1 aromatic carbocycles. The van der Waals surface area contributed by atoms with Gasteiger partial charge in [-0.15, -0.1) is 9.48 Å². The van der Waals surface area contributed by atoms with Crippen molar-refractivity contribution in [2.75, 3.05) is 0 Å². The Hall–Kier alpha value is -1.91. The first kappa shape index (κ1) is 12.5. The Bertz CT molecular complexity index is 589. The average molecular weight is 250 g/mol. The third-order valence-corrected chi connectivity index (χ3v) is 3.31. The van der Waals surface area contributed by atoms with Crippen LogP contribution < -0.4 is 0 Å². The molecule has 0 aliphatic carbocycles. The molecule has 0 spiro atoms. The molecule has 0 N–H and O–H groups in total. The van der Waals surface area contributed by atoms with Gasteiger partial charge in [-0.25, -0.2) is 4.39 Å². The molecule has 0 amide bonds. The lowest BCUT2D eigenvalue weighted by atomic mass is 9.92. The second-order valence-electron chi connectivity index (χ2n) is 5.01. The van der Waals surface area contributed by atoms with Crippen molar-refractivity contribution in [3.8, 4) is 0 Å². The topological polar surface area (TPSA) is 52.1 Å². The molecular formula is C13H15FN2O2. The van der Waals surface area contributed by atoms with Crippen molar-refractivity contribution in [1.29, 1.82) is 0 Å². The van der Waals surface area contributed by atoms with Crippen molar-refractivity contribution in [2.45, 2.75) is 33.2 Å². The van der Waals surface area contributed by atoms with E-state index in [4.69, 9.17) is 0 Å². The van der Waals surface area contributed by atoms with Crippen LogP contribution >= 0.6 is 0 Å². The van der Waals surface area contributed by atoms with Crippen molar-refractivity contribution in [2.24, 2.45) is 0 Å². The normalized spacial score (nSPS) is 18.7. The maximum Gasteiger partial charge on any atom is 0.433 e. The van der Waals surface area contributed by atoms with Crippen LogP contribution in [0.1, 0.15) is 31.9 Å². The maximum absolute atomic E-state index is 13.3. The number of aryl methyl sites for hydroxylation is 1. The van der Waals surface area contributed by atoms with Crippen LogP contribution in [0.5, 0.6) is 0 Å². The Balaban J connectivity index is 2.62. The second-order valence-corrected chi connectivity index (χ2v) is 5.01. The Morgan fingerprint density at radius 3 is 2.22 bits per heavy atom. The van der Waals surface area contributed by atoms with Crippen LogP contribution in [0.15, 0.2) is 18.2 Å². The molecule has 4 nitrogen and oxygen atoms in total. The molecule has 5 heteroatoms. The van der Waals surface area contributed by atoms with Crippen LogP contribution in [0, 0.1) is 23.2 Å². The number of hydroxylamine groups is 2. The van der Waals surface area contributed by atoms with Gasteiger partial charge in [-0.3, -0.25) is 0 Å². The van der Waals surface area contributed by atoms with Gasteiger partial charge in [-0.05, 0) is 30.7 Å². The molecule has 96 valence electrons. The SMILES string of the molecule is CC1=[N+]([O-])C(C)(C)C(c2ccc(F)c(C)c2)=[N+]1[O-]. The summed E-state index contributed by atoms with van der Waals surface area (Å²) in [5.74, 6) is -0.232. The van der Waals surface area contributed by atoms with Gasteiger partial charge in [0.15, 0.2) is 0 Å². The standard InChI is InChI=1S/C13H15FN2O2/c1-8-7-10(5-6-11(8)14)12-13(3,4)16(18)9(2)15(12)17/h5-7H,1-4H3. The molecule has 1 aliphatic rings. The van der Waals surface area contributed by atoms with Gasteiger partial charge in [0.25, 0.3) is 11.3 Å². The number of amidine groups is 1. The lowest BCUT2D eigenvalue weighted by molar-refractivity contribution is -0.532. The zero-order chi connectivity index (χ0) is 13.7. The number of rotatable bonds is 1. The zero-order valence-electron chi connectivity index (χ0n) is 10.8. The third-order valence-electron chi connectivity index (χ3n) is 3.31. The molecule has 0 radical (unpaired) electrons. The Labute approximate surface area is 105 Å². The predicted molar refractivity (Wildman–Crippen MR) is 67.3 cm³/mol. The number of hydrogen-bond donors (Lipinski definition) is 0. The highest BCUT2D eigenvalue weighted by molar-refractivity contribution is 6.06. The van der Waals surface area contributed by atoms with Gasteiger partial charge in [0, 0.05) is 13.8 Å². The smallest absolute Gasteiger partial charge is 0.433 e. The minimum Gasteiger partial charge on any atom is -0.619 e. The van der Waals surface area contributed by atoms with Crippen LogP contribution in [0.4, 0.5) is 4.39 Å². The van der Waals surface area contributed by atoms with Crippen molar-refractivity contribution < 1.29 is 13.9 Å². The summed E-state index contributed by atoms with van der Waals surface area (Å²) in [6, 6.07) is 4.42. The summed E-state index contributed by atoms with van der Waals surface area (Å²) in [4.78, 5) is 0. The molecule has 0 unspecified atom stereocenters. The van der Waals surface area contributed by atoms with E-state index in [2.05, 4.69) is 0 Å². The molecule has 1 aliphatic heterocycles. The van der Waals surface area contributed by atoms with E-state index >= 15 is 0 Å². The van der Waals surface area contributed by atoms with Crippen molar-refractivity contribution in [3.05, 3.63) is 45.6 Å². The molecule has 2 rings (SSSR count). The van der Waals surface area contributed by atoms with Gasteiger partial charge in [0.1, 0.15) is 5.82 Å². The van der Waals surface area contributed by atoms with Crippen LogP contribution in [0.25, 0.3) is 0 Å². The monoisotopic (exact) mass is 250 g/mol. The minimum atomic E-state index is -0.948. The van der Waals surface area contributed by atoms with E-state index in [-0.39, 0.29) is 11.7 Å². The Kier molecular flexibility index (Phi) is 2.65. The summed E-state index contributed by atoms with van der Waals surface area (Å²) < 4.78 is 14.6. The van der Waals surface area contributed by atoms with E-state index < -0.39 is 5.54 Å². The molecule has 1 aromatic rings. The molecule has 0 atom stereocenters. The Morgan fingerprint density at radius 1 is 1.17 bits per heavy atom. The Morgan fingerprint density at radius 2 is 1.78 bits per heavy atom. The fraction of sp³-hybridized carbons (Fsp3) is 0.385. The summed E-state index contributed by atoms with van der Waals surface area (Å²) in [5.41, 5.74) is 0.423. The van der Waals surface area contributed by atoms with E-state index in [1.807, 2.05) is 0 Å². The maximum atomic E-state index is 13.3. The third kappa shape index (κ3) is 1.58. The highest BCUT2D eigenvalue weighted by atomic mass is 19.1. The lowest BCUT2D eigenvalue weighted by Crippen LogP contribution is -2.39. The van der Waals surface area contributed by atoms with Crippen LogP contribution in [0.3, 0.4) is 0 Å². The van der Waals surface area contributed by atoms with E-state index in [1.54, 1.807) is 26.8 Å². The number of halogens is 1. The van der Waals surface area contributed by atoms with Crippen LogP contribution in [0.2, 0.25) is 0 Å². The first-order valence-electron chi connectivity index (χ1n) is 5.69. The summed E-state index contributed by atoms with van der Waals surface area (Å²) in [7, 11) is 0. The molecule has 18 heavy (non-hydrogen) atoms. The minimum absolute atomic E-state index is 0.0944. The molecule has 0 fully saturated rings. The second kappa shape index (κ2) is 3.80. The van der Waals surface area contributed by atoms with E-state index in [9.17, 15) is 14.8 Å². The van der Waals surface area contributed by atoms with Crippen LogP contribution in [-0.4, -0.2) is 26.6 Å². The van der Waals surface area contributed by atoms with Gasteiger partial charge >= 0.3 is 5.84 Å². The van der Waals surface area contributed by atoms with Crippen molar-refractivity contribution in [1.82, 2.24) is 0 Å². The number of hydrogen-bond acceptors (Lipinski definition) is 2. The molecule has 0 bridgehead atoms. The highest BCUT2D eigenvalue weighted by Gasteiger charge is 2.50. The fourth-order valence-electron chi connectivity index (χ4n) is 2.26. The van der Waals surface area contributed by atoms with Crippen LogP contribution in [-0.2, 0) is 0 Å². The average Bonchev–Trinajstić information content (AvgIpc) is 2.44. The van der Waals surface area contributed by atoms with Gasteiger partial charge in [-0.2, -0.15) is 0 Å². The quantitative estimate of drug-likeness (QED) is 0.566. The van der Waals surface area contributed by atoms with Gasteiger partial charge < -0.3 is 10.4 Å². The van der Waals surface area contributed by atoms with Gasteiger partial charge in [-0.1, -0.05) is 0 Å². The van der Waals surface area contributed by atoms with Gasteiger partial charge in [0.05, 0.1) is 12.5 Å². The summed E-state index contributed by atoms with van der Waals surface area (Å²) in [6.45, 7) is 6.46. The van der Waals surface area contributed by atoms with Gasteiger partial charge in [0.2, 0.25) is 0 Å². The molecule has 0 saturated carbocycles. The largest absolute Gasteiger partial charge is 0.619 e. The van der Waals surface area contributed by atoms with E-state index in [1.165, 1.54) is 19.1 Å². The van der Waals surface area contributed by atoms with E-state index in [0.717, 1.165) is 0 Å². The molecule has 0 saturated heterocycles. The fourth-order valence-corrected chi connectivity index (χ4v) is 2.26. The van der Waals surface area contributed by atoms with E-state index in [0.29, 0.717) is 26.3 Å². The van der Waals surface area contributed by atoms with Crippen molar-refractivity contribution >= 4 is 11.5 Å². The molecule has 1 heterocycles. The predicted octanol–water partition coefficient (Wildman–Crippen LogP) is 2.15. The lowest BCUT2D eigenvalue weighted by Gasteiger charge is -2.16. The number of nitrogens with zero attached hydrogens (tertiary/aromatic N) is 2. The number of benzene rings is 1.